The van der Waals surface area contributed by atoms with E-state index in [4.69, 9.17) is 14.6 Å². The van der Waals surface area contributed by atoms with Crippen LogP contribution < -0.4 is 9.47 Å². The molecule has 0 bridgehead atoms. The number of aliphatic hydroxyl groups is 1. The minimum absolute atomic E-state index is 0.215. The quantitative estimate of drug-likeness (QED) is 0.778. The van der Waals surface area contributed by atoms with Crippen LogP contribution in [-0.4, -0.2) is 36.5 Å². The first-order valence-corrected chi connectivity index (χ1v) is 5.17. The number of ether oxygens (including phenoxy) is 2. The lowest BCUT2D eigenvalue weighted by molar-refractivity contribution is -0.139. The van der Waals surface area contributed by atoms with Gasteiger partial charge in [-0.05, 0) is 18.2 Å². The van der Waals surface area contributed by atoms with Gasteiger partial charge in [0.15, 0.2) is 0 Å². The lowest BCUT2D eigenvalue weighted by Gasteiger charge is -2.13. The Hall–Kier alpha value is -1.75. The summed E-state index contributed by atoms with van der Waals surface area (Å²) in [4.78, 5) is 10.5. The van der Waals surface area contributed by atoms with Crippen molar-refractivity contribution in [2.45, 2.75) is 18.9 Å². The van der Waals surface area contributed by atoms with Gasteiger partial charge in [-0.15, -0.1) is 0 Å². The molecule has 0 fully saturated rings. The molecule has 0 heterocycles. The van der Waals surface area contributed by atoms with E-state index < -0.39 is 12.1 Å². The van der Waals surface area contributed by atoms with Gasteiger partial charge in [-0.3, -0.25) is 4.79 Å². The Morgan fingerprint density at radius 2 is 2.06 bits per heavy atom. The number of carboxylic acids is 1. The van der Waals surface area contributed by atoms with Gasteiger partial charge in [0.2, 0.25) is 0 Å². The van der Waals surface area contributed by atoms with Crippen LogP contribution in [0.25, 0.3) is 0 Å². The molecule has 1 aromatic carbocycles. The summed E-state index contributed by atoms with van der Waals surface area (Å²) in [6, 6.07) is 5.19. The first kappa shape index (κ1) is 13.3. The Kier molecular flexibility index (Phi) is 4.78. The average Bonchev–Trinajstić information content (AvgIpc) is 2.27. The summed E-state index contributed by atoms with van der Waals surface area (Å²) in [5.41, 5.74) is 0.723. The molecule has 5 heteroatoms. The number of carbonyl (C=O) groups is 1. The van der Waals surface area contributed by atoms with Crippen LogP contribution in [0.4, 0.5) is 0 Å². The number of aliphatic carboxylic acids is 1. The summed E-state index contributed by atoms with van der Waals surface area (Å²) >= 11 is 0. The van der Waals surface area contributed by atoms with E-state index in [1.807, 2.05) is 0 Å². The number of rotatable bonds is 6. The van der Waals surface area contributed by atoms with Crippen LogP contribution in [-0.2, 0) is 11.2 Å². The highest BCUT2D eigenvalue weighted by Gasteiger charge is 2.14. The van der Waals surface area contributed by atoms with E-state index in [9.17, 15) is 9.90 Å². The fraction of sp³-hybridized carbons (Fsp3) is 0.417. The lowest BCUT2D eigenvalue weighted by atomic mass is 10.0. The molecule has 2 N–H and O–H groups in total. The number of hydrogen-bond donors (Lipinski definition) is 2. The third-order valence-corrected chi connectivity index (χ3v) is 2.35. The first-order valence-electron chi connectivity index (χ1n) is 5.17. The molecule has 0 aromatic heterocycles. The number of benzene rings is 1. The van der Waals surface area contributed by atoms with Crippen molar-refractivity contribution in [1.29, 1.82) is 0 Å². The molecule has 17 heavy (non-hydrogen) atoms. The predicted molar refractivity (Wildman–Crippen MR) is 61.5 cm³/mol. The lowest BCUT2D eigenvalue weighted by Crippen LogP contribution is -2.16. The Labute approximate surface area is 99.6 Å². The van der Waals surface area contributed by atoms with Crippen molar-refractivity contribution >= 4 is 5.97 Å². The zero-order chi connectivity index (χ0) is 12.8. The summed E-state index contributed by atoms with van der Waals surface area (Å²) in [7, 11) is 3.06. The summed E-state index contributed by atoms with van der Waals surface area (Å²) in [6.07, 6.45) is -1.01. The number of hydrogen-bond acceptors (Lipinski definition) is 4. The maximum atomic E-state index is 10.5. The second-order valence-electron chi connectivity index (χ2n) is 3.63. The molecule has 0 aliphatic rings. The Morgan fingerprint density at radius 1 is 1.35 bits per heavy atom. The van der Waals surface area contributed by atoms with Gasteiger partial charge in [-0.2, -0.15) is 0 Å². The van der Waals surface area contributed by atoms with Gasteiger partial charge in [-0.25, -0.2) is 0 Å². The van der Waals surface area contributed by atoms with Crippen molar-refractivity contribution < 1.29 is 24.5 Å². The van der Waals surface area contributed by atoms with Crippen molar-refractivity contribution in [1.82, 2.24) is 0 Å². The van der Waals surface area contributed by atoms with E-state index in [2.05, 4.69) is 0 Å². The van der Waals surface area contributed by atoms with E-state index in [-0.39, 0.29) is 12.8 Å². The third kappa shape index (κ3) is 3.96. The molecule has 0 radical (unpaired) electrons. The highest BCUT2D eigenvalue weighted by atomic mass is 16.5. The molecule has 0 aliphatic carbocycles. The fourth-order valence-corrected chi connectivity index (χ4v) is 1.57. The van der Waals surface area contributed by atoms with Crippen molar-refractivity contribution in [2.75, 3.05) is 14.2 Å². The molecular formula is C12H16O5. The van der Waals surface area contributed by atoms with Crippen molar-refractivity contribution in [3.8, 4) is 11.5 Å². The maximum absolute atomic E-state index is 10.5. The highest BCUT2D eigenvalue weighted by Crippen LogP contribution is 2.25. The van der Waals surface area contributed by atoms with Gasteiger partial charge in [-0.1, -0.05) is 0 Å². The Morgan fingerprint density at radius 3 is 2.59 bits per heavy atom. The molecule has 1 atom stereocenters. The molecule has 1 unspecified atom stereocenters. The van der Waals surface area contributed by atoms with Crippen LogP contribution in [0.3, 0.4) is 0 Å². The third-order valence-electron chi connectivity index (χ3n) is 2.35. The average molecular weight is 240 g/mol. The second kappa shape index (κ2) is 6.10. The largest absolute Gasteiger partial charge is 0.497 e. The minimum Gasteiger partial charge on any atom is -0.497 e. The topological polar surface area (TPSA) is 76.0 Å². The van der Waals surface area contributed by atoms with Gasteiger partial charge in [0, 0.05) is 12.0 Å². The van der Waals surface area contributed by atoms with Gasteiger partial charge >= 0.3 is 5.97 Å². The number of aliphatic hydroxyl groups excluding tert-OH is 1. The predicted octanol–water partition coefficient (Wildman–Crippen LogP) is 1.08. The van der Waals surface area contributed by atoms with Crippen LogP contribution in [0.1, 0.15) is 12.0 Å². The molecule has 0 saturated carbocycles. The first-order chi connectivity index (χ1) is 8.06. The highest BCUT2D eigenvalue weighted by molar-refractivity contribution is 5.67. The molecule has 0 aliphatic heterocycles. The minimum atomic E-state index is -1.03. The molecule has 5 nitrogen and oxygen atoms in total. The molecule has 0 amide bonds. The summed E-state index contributed by atoms with van der Waals surface area (Å²) in [6.45, 7) is 0. The Bertz CT molecular complexity index is 388. The molecule has 94 valence electrons. The molecule has 0 saturated heterocycles. The van der Waals surface area contributed by atoms with Gasteiger partial charge in [0.05, 0.1) is 26.7 Å². The van der Waals surface area contributed by atoms with Crippen LogP contribution in [0.15, 0.2) is 18.2 Å². The van der Waals surface area contributed by atoms with Crippen molar-refractivity contribution in [3.63, 3.8) is 0 Å². The van der Waals surface area contributed by atoms with Gasteiger partial charge in [0.1, 0.15) is 11.5 Å². The maximum Gasteiger partial charge on any atom is 0.305 e. The molecule has 1 aromatic rings. The summed E-state index contributed by atoms with van der Waals surface area (Å²) < 4.78 is 10.2. The zero-order valence-corrected chi connectivity index (χ0v) is 9.84. The molecular weight excluding hydrogens is 224 g/mol. The van der Waals surface area contributed by atoms with Crippen LogP contribution in [0.5, 0.6) is 11.5 Å². The normalized spacial score (nSPS) is 11.9. The van der Waals surface area contributed by atoms with E-state index in [1.54, 1.807) is 25.3 Å². The Balaban J connectivity index is 2.83. The zero-order valence-electron chi connectivity index (χ0n) is 9.84. The number of methoxy groups -OCH3 is 2. The number of carboxylic acid groups (broad SMARTS) is 1. The van der Waals surface area contributed by atoms with E-state index in [0.717, 1.165) is 5.56 Å². The standard InChI is InChI=1S/C12H16O5/c1-16-10-3-4-11(17-2)8(6-10)5-9(13)7-12(14)15/h3-4,6,9,13H,5,7H2,1-2H3,(H,14,15). The van der Waals surface area contributed by atoms with E-state index >= 15 is 0 Å². The van der Waals surface area contributed by atoms with Crippen LogP contribution >= 0.6 is 0 Å². The summed E-state index contributed by atoms with van der Waals surface area (Å²) in [5, 5.41) is 18.2. The van der Waals surface area contributed by atoms with Crippen molar-refractivity contribution in [2.24, 2.45) is 0 Å². The molecule has 1 rings (SSSR count). The monoisotopic (exact) mass is 240 g/mol. The molecule has 0 spiro atoms. The van der Waals surface area contributed by atoms with Crippen molar-refractivity contribution in [3.05, 3.63) is 23.8 Å². The van der Waals surface area contributed by atoms with Gasteiger partial charge in [0.25, 0.3) is 0 Å². The SMILES string of the molecule is COc1ccc(OC)c(CC(O)CC(=O)O)c1. The fourth-order valence-electron chi connectivity index (χ4n) is 1.57. The van der Waals surface area contributed by atoms with E-state index in [1.165, 1.54) is 7.11 Å². The second-order valence-corrected chi connectivity index (χ2v) is 3.63. The van der Waals surface area contributed by atoms with Crippen LogP contribution in [0.2, 0.25) is 0 Å². The van der Waals surface area contributed by atoms with Gasteiger partial charge < -0.3 is 19.7 Å². The van der Waals surface area contributed by atoms with E-state index in [0.29, 0.717) is 11.5 Å². The smallest absolute Gasteiger partial charge is 0.305 e. The van der Waals surface area contributed by atoms with Crippen LogP contribution in [0, 0.1) is 0 Å². The summed E-state index contributed by atoms with van der Waals surface area (Å²) in [5.74, 6) is 0.220.